The SMILES string of the molecule is CN1CCN(c2cccc(-n3cc(-c4ccnc(N[C@H](CO)c5ccccc5)n4)cn3)n2)CC1. The Hall–Kier alpha value is -3.82. The van der Waals surface area contributed by atoms with Crippen LogP contribution in [0, 0.1) is 0 Å². The highest BCUT2D eigenvalue weighted by Crippen LogP contribution is 2.22. The normalized spacial score (nSPS) is 15.3. The van der Waals surface area contributed by atoms with E-state index < -0.39 is 0 Å². The maximum absolute atomic E-state index is 9.84. The second kappa shape index (κ2) is 9.98. The maximum atomic E-state index is 9.84. The topological polar surface area (TPSA) is 95.2 Å². The lowest BCUT2D eigenvalue weighted by atomic mass is 10.1. The summed E-state index contributed by atoms with van der Waals surface area (Å²) in [6, 6.07) is 17.3. The Kier molecular flexibility index (Phi) is 6.46. The third-order valence-corrected chi connectivity index (χ3v) is 6.00. The summed E-state index contributed by atoms with van der Waals surface area (Å²) in [7, 11) is 2.14. The molecule has 1 aliphatic heterocycles. The fraction of sp³-hybridized carbons (Fsp3) is 0.280. The van der Waals surface area contributed by atoms with Crippen LogP contribution in [0.2, 0.25) is 0 Å². The van der Waals surface area contributed by atoms with Gasteiger partial charge in [0.25, 0.3) is 0 Å². The van der Waals surface area contributed by atoms with E-state index in [1.807, 2.05) is 60.8 Å². The lowest BCUT2D eigenvalue weighted by Gasteiger charge is -2.33. The zero-order valence-corrected chi connectivity index (χ0v) is 19.1. The van der Waals surface area contributed by atoms with Crippen molar-refractivity contribution in [2.75, 3.05) is 50.1 Å². The minimum Gasteiger partial charge on any atom is -0.394 e. The lowest BCUT2D eigenvalue weighted by Crippen LogP contribution is -2.44. The van der Waals surface area contributed by atoms with Crippen molar-refractivity contribution in [1.82, 2.24) is 29.6 Å². The van der Waals surface area contributed by atoms with Gasteiger partial charge in [0.05, 0.1) is 24.5 Å². The Balaban J connectivity index is 1.34. The Morgan fingerprint density at radius 1 is 0.941 bits per heavy atom. The van der Waals surface area contributed by atoms with Crippen LogP contribution in [-0.4, -0.2) is 74.6 Å². The molecule has 0 radical (unpaired) electrons. The molecule has 1 fully saturated rings. The van der Waals surface area contributed by atoms with Gasteiger partial charge >= 0.3 is 0 Å². The number of aromatic nitrogens is 5. The average Bonchev–Trinajstić information content (AvgIpc) is 3.39. The lowest BCUT2D eigenvalue weighted by molar-refractivity contribution is 0.276. The molecule has 1 saturated heterocycles. The molecule has 1 aliphatic rings. The standard InChI is InChI=1S/C25H28N8O/c1-31-12-14-32(15-13-31)23-8-5-9-24(30-23)33-17-20(16-27-33)21-10-11-26-25(28-21)29-22(18-34)19-6-3-2-4-7-19/h2-11,16-17,22,34H,12-15,18H2,1H3,(H,26,28,29)/t22-/m1/s1. The minimum atomic E-state index is -0.291. The summed E-state index contributed by atoms with van der Waals surface area (Å²) >= 11 is 0. The number of likely N-dealkylation sites (N-methyl/N-ethyl adjacent to an activating group) is 1. The van der Waals surface area contributed by atoms with Gasteiger partial charge in [0.2, 0.25) is 5.95 Å². The van der Waals surface area contributed by atoms with E-state index in [4.69, 9.17) is 4.98 Å². The molecule has 1 aromatic carbocycles. The van der Waals surface area contributed by atoms with E-state index in [1.165, 1.54) is 0 Å². The molecule has 5 rings (SSSR count). The Bertz CT molecular complexity index is 1220. The molecule has 0 saturated carbocycles. The molecule has 174 valence electrons. The molecular formula is C25H28N8O. The van der Waals surface area contributed by atoms with Crippen LogP contribution in [0.1, 0.15) is 11.6 Å². The molecular weight excluding hydrogens is 428 g/mol. The highest BCUT2D eigenvalue weighted by atomic mass is 16.3. The van der Waals surface area contributed by atoms with E-state index >= 15 is 0 Å². The molecule has 9 nitrogen and oxygen atoms in total. The molecule has 0 aliphatic carbocycles. The Morgan fingerprint density at radius 3 is 2.53 bits per heavy atom. The first kappa shape index (κ1) is 22.0. The maximum Gasteiger partial charge on any atom is 0.223 e. The monoisotopic (exact) mass is 456 g/mol. The van der Waals surface area contributed by atoms with E-state index in [2.05, 4.69) is 37.2 Å². The summed E-state index contributed by atoms with van der Waals surface area (Å²) in [5, 5.41) is 17.6. The number of anilines is 2. The number of piperazine rings is 1. The summed E-state index contributed by atoms with van der Waals surface area (Å²) in [6.45, 7) is 3.93. The molecule has 34 heavy (non-hydrogen) atoms. The van der Waals surface area contributed by atoms with Gasteiger partial charge in [0, 0.05) is 44.1 Å². The smallest absolute Gasteiger partial charge is 0.223 e. The second-order valence-electron chi connectivity index (χ2n) is 8.37. The van der Waals surface area contributed by atoms with Crippen LogP contribution in [0.15, 0.2) is 73.2 Å². The summed E-state index contributed by atoms with van der Waals surface area (Å²) in [6.07, 6.45) is 5.40. The first-order chi connectivity index (χ1) is 16.7. The predicted molar refractivity (Wildman–Crippen MR) is 132 cm³/mol. The van der Waals surface area contributed by atoms with E-state index in [-0.39, 0.29) is 12.6 Å². The average molecular weight is 457 g/mol. The summed E-state index contributed by atoms with van der Waals surface area (Å²) in [4.78, 5) is 18.4. The number of hydrogen-bond acceptors (Lipinski definition) is 8. The van der Waals surface area contributed by atoms with Crippen LogP contribution < -0.4 is 10.2 Å². The molecule has 0 unspecified atom stereocenters. The molecule has 1 atom stereocenters. The largest absolute Gasteiger partial charge is 0.394 e. The van der Waals surface area contributed by atoms with Gasteiger partial charge in [-0.3, -0.25) is 0 Å². The number of aliphatic hydroxyl groups excluding tert-OH is 1. The zero-order valence-electron chi connectivity index (χ0n) is 19.1. The van der Waals surface area contributed by atoms with Crippen LogP contribution in [0.5, 0.6) is 0 Å². The third kappa shape index (κ3) is 4.90. The molecule has 2 N–H and O–H groups in total. The highest BCUT2D eigenvalue weighted by molar-refractivity contribution is 5.59. The number of nitrogens with zero attached hydrogens (tertiary/aromatic N) is 7. The number of aliphatic hydroxyl groups is 1. The zero-order chi connectivity index (χ0) is 23.3. The molecule has 0 spiro atoms. The van der Waals surface area contributed by atoms with Crippen LogP contribution in [0.25, 0.3) is 17.1 Å². The summed E-state index contributed by atoms with van der Waals surface area (Å²) in [5.41, 5.74) is 2.57. The number of benzene rings is 1. The molecule has 3 aromatic heterocycles. The van der Waals surface area contributed by atoms with E-state index in [9.17, 15) is 5.11 Å². The molecule has 9 heteroatoms. The quantitative estimate of drug-likeness (QED) is 0.438. The van der Waals surface area contributed by atoms with E-state index in [1.54, 1.807) is 17.1 Å². The summed E-state index contributed by atoms with van der Waals surface area (Å²) < 4.78 is 1.77. The van der Waals surface area contributed by atoms with Gasteiger partial charge in [-0.05, 0) is 30.8 Å². The number of hydrogen-bond donors (Lipinski definition) is 2. The Labute approximate surface area is 198 Å². The fourth-order valence-electron chi connectivity index (χ4n) is 4.00. The number of nitrogens with one attached hydrogen (secondary N) is 1. The molecule has 4 heterocycles. The van der Waals surface area contributed by atoms with Gasteiger partial charge in [-0.1, -0.05) is 36.4 Å². The first-order valence-electron chi connectivity index (χ1n) is 11.4. The highest BCUT2D eigenvalue weighted by Gasteiger charge is 2.16. The van der Waals surface area contributed by atoms with E-state index in [0.29, 0.717) is 5.95 Å². The fourth-order valence-corrected chi connectivity index (χ4v) is 4.00. The van der Waals surface area contributed by atoms with Gasteiger partial charge in [-0.25, -0.2) is 19.6 Å². The second-order valence-corrected chi connectivity index (χ2v) is 8.37. The van der Waals surface area contributed by atoms with Crippen LogP contribution in [-0.2, 0) is 0 Å². The van der Waals surface area contributed by atoms with Crippen LogP contribution in [0.4, 0.5) is 11.8 Å². The molecule has 0 amide bonds. The van der Waals surface area contributed by atoms with Crippen LogP contribution in [0.3, 0.4) is 0 Å². The minimum absolute atomic E-state index is 0.0646. The summed E-state index contributed by atoms with van der Waals surface area (Å²) in [5.74, 6) is 2.18. The number of rotatable bonds is 7. The van der Waals surface area contributed by atoms with Gasteiger partial charge in [0.15, 0.2) is 5.82 Å². The van der Waals surface area contributed by atoms with Gasteiger partial charge < -0.3 is 20.2 Å². The first-order valence-corrected chi connectivity index (χ1v) is 11.4. The van der Waals surface area contributed by atoms with Crippen LogP contribution >= 0.6 is 0 Å². The molecule has 0 bridgehead atoms. The van der Waals surface area contributed by atoms with E-state index in [0.717, 1.165) is 54.6 Å². The van der Waals surface area contributed by atoms with Gasteiger partial charge in [-0.2, -0.15) is 5.10 Å². The molecule has 4 aromatic rings. The predicted octanol–water partition coefficient (Wildman–Crippen LogP) is 2.62. The Morgan fingerprint density at radius 2 is 1.74 bits per heavy atom. The van der Waals surface area contributed by atoms with Crippen molar-refractivity contribution < 1.29 is 5.11 Å². The van der Waals surface area contributed by atoms with Crippen molar-refractivity contribution in [1.29, 1.82) is 0 Å². The van der Waals surface area contributed by atoms with Crippen molar-refractivity contribution >= 4 is 11.8 Å². The third-order valence-electron chi connectivity index (χ3n) is 6.00. The van der Waals surface area contributed by atoms with Gasteiger partial charge in [0.1, 0.15) is 5.82 Å². The van der Waals surface area contributed by atoms with Crippen molar-refractivity contribution in [2.45, 2.75) is 6.04 Å². The van der Waals surface area contributed by atoms with Crippen molar-refractivity contribution in [3.63, 3.8) is 0 Å². The van der Waals surface area contributed by atoms with Gasteiger partial charge in [-0.15, -0.1) is 0 Å². The van der Waals surface area contributed by atoms with Crippen molar-refractivity contribution in [2.24, 2.45) is 0 Å². The van der Waals surface area contributed by atoms with Crippen molar-refractivity contribution in [3.05, 3.63) is 78.8 Å². The number of pyridine rings is 1. The van der Waals surface area contributed by atoms with Crippen molar-refractivity contribution in [3.8, 4) is 17.1 Å².